The zero-order valence-corrected chi connectivity index (χ0v) is 21.9. The van der Waals surface area contributed by atoms with Gasteiger partial charge in [-0.1, -0.05) is 61.2 Å². The minimum atomic E-state index is -5.58. The monoisotopic (exact) mass is 576 g/mol. The van der Waals surface area contributed by atoms with E-state index in [0.717, 1.165) is 6.92 Å². The number of carbonyl (C=O) groups is 1. The lowest BCUT2D eigenvalue weighted by Gasteiger charge is -2.39. The molecule has 0 atom stereocenters. The van der Waals surface area contributed by atoms with Crippen molar-refractivity contribution in [1.82, 2.24) is 0 Å². The molecule has 0 saturated carbocycles. The molecule has 0 fully saturated rings. The van der Waals surface area contributed by atoms with Crippen LogP contribution in [0, 0.1) is 23.3 Å². The molecule has 0 heterocycles. The van der Waals surface area contributed by atoms with Gasteiger partial charge in [0, 0.05) is 20.3 Å². The fourth-order valence-electron chi connectivity index (χ4n) is 3.61. The first-order valence-electron chi connectivity index (χ1n) is 11.2. The van der Waals surface area contributed by atoms with Crippen molar-refractivity contribution >= 4 is 26.4 Å². The van der Waals surface area contributed by atoms with Gasteiger partial charge in [0.05, 0.1) is 0 Å². The number of hydrogen-bond acceptors (Lipinski definition) is 5. The third-order valence-corrected chi connectivity index (χ3v) is 10.6. The third kappa shape index (κ3) is 5.20. The first-order valence-corrected chi connectivity index (χ1v) is 14.2. The van der Waals surface area contributed by atoms with Crippen molar-refractivity contribution in [3.8, 4) is 5.75 Å². The van der Waals surface area contributed by atoms with Gasteiger partial charge in [-0.3, -0.25) is 0 Å². The Labute approximate surface area is 224 Å². The summed E-state index contributed by atoms with van der Waals surface area (Å²) in [6, 6.07) is 24.1. The van der Waals surface area contributed by atoms with E-state index in [1.165, 1.54) is 0 Å². The lowest BCUT2D eigenvalue weighted by molar-refractivity contribution is -0.130. The second-order valence-corrected chi connectivity index (χ2v) is 12.5. The van der Waals surface area contributed by atoms with Gasteiger partial charge in [-0.15, -0.1) is 0 Å². The highest BCUT2D eigenvalue weighted by atomic mass is 32.3. The van der Waals surface area contributed by atoms with Crippen LogP contribution in [0.25, 0.3) is 0 Å². The molecular weight excluding hydrogens is 556 g/mol. The Morgan fingerprint density at radius 2 is 1.03 bits per heavy atom. The van der Waals surface area contributed by atoms with E-state index in [4.69, 9.17) is 3.63 Å². The van der Waals surface area contributed by atoms with Crippen molar-refractivity contribution in [2.75, 3.05) is 0 Å². The van der Waals surface area contributed by atoms with Gasteiger partial charge in [0.1, 0.15) is 0 Å². The molecule has 0 radical (unpaired) electrons. The zero-order valence-electron chi connectivity index (χ0n) is 20.2. The Balaban J connectivity index is 1.99. The molecule has 5 nitrogen and oxygen atoms in total. The minimum absolute atomic E-state index is 0.319. The van der Waals surface area contributed by atoms with Gasteiger partial charge < -0.3 is 4.74 Å². The van der Waals surface area contributed by atoms with Crippen LogP contribution in [-0.4, -0.2) is 14.4 Å². The molecule has 0 bridgehead atoms. The average molecular weight is 577 g/mol. The van der Waals surface area contributed by atoms with Gasteiger partial charge in [-0.05, 0) is 53.6 Å². The van der Waals surface area contributed by atoms with Crippen LogP contribution in [-0.2, 0) is 18.5 Å². The lowest BCUT2D eigenvalue weighted by Crippen LogP contribution is -2.19. The summed E-state index contributed by atoms with van der Waals surface area (Å²) >= 11 is 0. The van der Waals surface area contributed by atoms with E-state index in [0.29, 0.717) is 14.7 Å². The fourth-order valence-corrected chi connectivity index (χ4v) is 8.96. The molecule has 0 amide bonds. The van der Waals surface area contributed by atoms with Gasteiger partial charge in [-0.25, -0.2) is 17.2 Å². The molecule has 0 unspecified atom stereocenters. The number of carbonyl (C=O) groups excluding carboxylic acids is 1. The highest BCUT2D eigenvalue weighted by Crippen LogP contribution is 2.70. The molecule has 0 aliphatic carbocycles. The van der Waals surface area contributed by atoms with Gasteiger partial charge in [0.15, 0.2) is 16.5 Å². The maximum Gasteiger partial charge on any atom is 0.338 e. The molecular formula is C28H20F4O5S2. The summed E-state index contributed by atoms with van der Waals surface area (Å²) in [4.78, 5) is 10.7. The van der Waals surface area contributed by atoms with Crippen LogP contribution in [0.3, 0.4) is 0 Å². The molecule has 11 heteroatoms. The largest absolute Gasteiger partial charge is 0.417 e. The normalized spacial score (nSPS) is 12.1. The SMILES string of the molecule is C=C(C)C(=O)Oc1c(F)c(F)c(S(=O)(=O)OS(c2ccccc2)(c2ccccc2)c2ccccc2)c(F)c1F. The summed E-state index contributed by atoms with van der Waals surface area (Å²) in [5, 5.41) is 0. The van der Waals surface area contributed by atoms with E-state index >= 15 is 8.78 Å². The van der Waals surface area contributed by atoms with Gasteiger partial charge >= 0.3 is 16.1 Å². The maximum atomic E-state index is 15.2. The quantitative estimate of drug-likeness (QED) is 0.0723. The van der Waals surface area contributed by atoms with E-state index in [-0.39, 0.29) is 5.57 Å². The van der Waals surface area contributed by atoms with Crippen LogP contribution in [0.2, 0.25) is 0 Å². The smallest absolute Gasteiger partial charge is 0.338 e. The number of esters is 1. The van der Waals surface area contributed by atoms with E-state index in [9.17, 15) is 22.0 Å². The van der Waals surface area contributed by atoms with Crippen LogP contribution in [0.4, 0.5) is 17.6 Å². The standard InChI is InChI=1S/C28H20F4O5S2/c1-18(2)28(33)36-26-22(29)24(31)27(25(32)23(26)30)39(34,35)37-38(19-12-6-3-7-13-19,20-14-8-4-9-15-20)21-16-10-5-11-17-21/h3-17H,1H2,2H3. The maximum absolute atomic E-state index is 15.2. The van der Waals surface area contributed by atoms with Crippen LogP contribution >= 0.6 is 10.3 Å². The molecule has 202 valence electrons. The molecule has 4 rings (SSSR count). The van der Waals surface area contributed by atoms with Crippen molar-refractivity contribution in [3.05, 3.63) is 126 Å². The lowest BCUT2D eigenvalue weighted by atomic mass is 10.3. The van der Waals surface area contributed by atoms with E-state index in [1.807, 2.05) is 0 Å². The number of hydrogen-bond donors (Lipinski definition) is 0. The zero-order chi connectivity index (χ0) is 28.4. The first-order chi connectivity index (χ1) is 18.5. The molecule has 0 N–H and O–H groups in total. The summed E-state index contributed by atoms with van der Waals surface area (Å²) in [5.74, 6) is -12.2. The van der Waals surface area contributed by atoms with Gasteiger partial charge in [0.2, 0.25) is 17.4 Å². The first kappa shape index (κ1) is 28.1. The molecule has 0 aliphatic heterocycles. The Hall–Kier alpha value is -3.93. The average Bonchev–Trinajstić information content (AvgIpc) is 2.94. The minimum Gasteiger partial charge on any atom is -0.417 e. The summed E-state index contributed by atoms with van der Waals surface area (Å²) in [7, 11) is -8.88. The summed E-state index contributed by atoms with van der Waals surface area (Å²) < 4.78 is 97.4. The van der Waals surface area contributed by atoms with Crippen LogP contribution in [0.1, 0.15) is 6.92 Å². The number of benzene rings is 4. The Morgan fingerprint density at radius 3 is 1.36 bits per heavy atom. The molecule has 0 aliphatic rings. The molecule has 0 saturated heterocycles. The van der Waals surface area contributed by atoms with Crippen molar-refractivity contribution in [3.63, 3.8) is 0 Å². The van der Waals surface area contributed by atoms with E-state index in [1.54, 1.807) is 91.0 Å². The molecule has 0 spiro atoms. The fraction of sp³-hybridized carbons (Fsp3) is 0.0357. The third-order valence-electron chi connectivity index (χ3n) is 5.39. The predicted molar refractivity (Wildman–Crippen MR) is 137 cm³/mol. The van der Waals surface area contributed by atoms with Crippen molar-refractivity contribution in [2.45, 2.75) is 26.5 Å². The van der Waals surface area contributed by atoms with Crippen molar-refractivity contribution in [2.24, 2.45) is 0 Å². The summed E-state index contributed by atoms with van der Waals surface area (Å²) in [6.07, 6.45) is 0. The number of ether oxygens (including phenoxy) is 1. The van der Waals surface area contributed by atoms with E-state index < -0.39 is 60.3 Å². The van der Waals surface area contributed by atoms with Crippen molar-refractivity contribution < 1.29 is 39.1 Å². The van der Waals surface area contributed by atoms with Crippen LogP contribution in [0.15, 0.2) is 123 Å². The second kappa shape index (κ2) is 11.0. The second-order valence-electron chi connectivity index (χ2n) is 8.10. The number of rotatable bonds is 8. The number of halogens is 4. The van der Waals surface area contributed by atoms with Crippen LogP contribution < -0.4 is 4.74 Å². The Kier molecular flexibility index (Phi) is 7.96. The topological polar surface area (TPSA) is 69.7 Å². The highest BCUT2D eigenvalue weighted by Gasteiger charge is 2.43. The Morgan fingerprint density at radius 1 is 0.667 bits per heavy atom. The van der Waals surface area contributed by atoms with Gasteiger partial charge in [0.25, 0.3) is 0 Å². The molecule has 0 aromatic heterocycles. The highest BCUT2D eigenvalue weighted by molar-refractivity contribution is 8.33. The van der Waals surface area contributed by atoms with E-state index in [2.05, 4.69) is 11.3 Å². The van der Waals surface area contributed by atoms with Gasteiger partial charge in [-0.2, -0.15) is 17.2 Å². The molecule has 4 aromatic rings. The Bertz CT molecular complexity index is 1520. The summed E-state index contributed by atoms with van der Waals surface area (Å²) in [6.45, 7) is 4.35. The van der Waals surface area contributed by atoms with Crippen molar-refractivity contribution in [1.29, 1.82) is 0 Å². The molecule has 39 heavy (non-hydrogen) atoms. The molecule has 4 aromatic carbocycles. The predicted octanol–water partition coefficient (Wildman–Crippen LogP) is 7.33. The summed E-state index contributed by atoms with van der Waals surface area (Å²) in [5.41, 5.74) is -0.323. The van der Waals surface area contributed by atoms with Crippen LogP contribution in [0.5, 0.6) is 5.75 Å².